The molecule has 0 bridgehead atoms. The van der Waals surface area contributed by atoms with Gasteiger partial charge in [-0.2, -0.15) is 0 Å². The van der Waals surface area contributed by atoms with Crippen molar-refractivity contribution in [3.8, 4) is 0 Å². The van der Waals surface area contributed by atoms with E-state index in [1.165, 1.54) is 0 Å². The Morgan fingerprint density at radius 3 is 1.67 bits per heavy atom. The van der Waals surface area contributed by atoms with Crippen LogP contribution in [0.25, 0.3) is 0 Å². The molecule has 0 aliphatic rings. The third kappa shape index (κ3) is 6.44. The molecule has 0 fully saturated rings. The second-order valence-corrected chi connectivity index (χ2v) is 10.9. The van der Waals surface area contributed by atoms with Gasteiger partial charge in [-0.3, -0.25) is 4.57 Å². The third-order valence-electron chi connectivity index (χ3n) is 3.33. The van der Waals surface area contributed by atoms with Crippen LogP contribution in [0.3, 0.4) is 0 Å². The summed E-state index contributed by atoms with van der Waals surface area (Å²) in [4.78, 5) is 40.1. The molecule has 1 atom stereocenters. The van der Waals surface area contributed by atoms with Crippen LogP contribution in [-0.4, -0.2) is 83.8 Å². The van der Waals surface area contributed by atoms with Crippen LogP contribution in [0.5, 0.6) is 0 Å². The summed E-state index contributed by atoms with van der Waals surface area (Å²) < 4.78 is 23.1. The first-order chi connectivity index (χ1) is 8.91. The predicted octanol–water partition coefficient (Wildman–Crippen LogP) is -2.10. The Kier molecular flexibility index (Phi) is 6.41. The van der Waals surface area contributed by atoms with Gasteiger partial charge in [-0.15, -0.1) is 0 Å². The van der Waals surface area contributed by atoms with Crippen LogP contribution in [-0.2, 0) is 9.13 Å². The minimum Gasteiger partial charge on any atom is -0.808 e. The van der Waals surface area contributed by atoms with E-state index in [2.05, 4.69) is 0 Å². The van der Waals surface area contributed by atoms with Crippen molar-refractivity contribution in [2.75, 3.05) is 54.9 Å². The van der Waals surface area contributed by atoms with Gasteiger partial charge < -0.3 is 38.2 Å². The third-order valence-corrected chi connectivity index (χ3v) is 7.11. The Morgan fingerprint density at radius 2 is 1.38 bits per heavy atom. The van der Waals surface area contributed by atoms with Crippen molar-refractivity contribution in [3.63, 3.8) is 0 Å². The highest BCUT2D eigenvalue weighted by molar-refractivity contribution is 7.70. The van der Waals surface area contributed by atoms with Gasteiger partial charge in [0.2, 0.25) is 0 Å². The molecule has 1 unspecified atom stereocenters. The monoisotopic (exact) mass is 348 g/mol. The van der Waals surface area contributed by atoms with E-state index in [9.17, 15) is 24.0 Å². The summed E-state index contributed by atoms with van der Waals surface area (Å²) in [6, 6.07) is 0. The number of quaternary nitrogens is 2. The van der Waals surface area contributed by atoms with E-state index >= 15 is 0 Å². The first-order valence-corrected chi connectivity index (χ1v) is 9.49. The highest BCUT2D eigenvalue weighted by atomic mass is 31.2. The second-order valence-electron chi connectivity index (χ2n) is 6.96. The fraction of sp³-hybridized carbons (Fsp3) is 1.00. The van der Waals surface area contributed by atoms with Gasteiger partial charge in [0.15, 0.2) is 5.08 Å². The molecule has 9 nitrogen and oxygen atoms in total. The van der Waals surface area contributed by atoms with Crippen LogP contribution in [0.2, 0.25) is 0 Å². The highest BCUT2D eigenvalue weighted by Crippen LogP contribution is 2.65. The van der Waals surface area contributed by atoms with E-state index in [4.69, 9.17) is 9.79 Å². The zero-order valence-corrected chi connectivity index (χ0v) is 14.9. The fourth-order valence-corrected chi connectivity index (χ4v) is 3.62. The minimum atomic E-state index is -5.87. The molecule has 21 heavy (non-hydrogen) atoms. The van der Waals surface area contributed by atoms with E-state index in [1.807, 2.05) is 21.1 Å². The molecule has 3 N–H and O–H groups in total. The van der Waals surface area contributed by atoms with Gasteiger partial charge in [0, 0.05) is 6.42 Å². The fourth-order valence-electron chi connectivity index (χ4n) is 1.58. The maximum absolute atomic E-state index is 11.2. The molecule has 0 amide bonds. The number of aliphatic hydroxyl groups is 1. The second kappa shape index (κ2) is 6.35. The molecule has 0 aliphatic carbocycles. The number of hydrogen-bond donors (Lipinski definition) is 3. The van der Waals surface area contributed by atoms with Gasteiger partial charge in [-0.25, -0.2) is 0 Å². The van der Waals surface area contributed by atoms with E-state index in [1.54, 1.807) is 14.1 Å². The first-order valence-electron chi connectivity index (χ1n) is 6.34. The first kappa shape index (κ1) is 21.2. The largest absolute Gasteiger partial charge is 0.808 e. The Hall–Kier alpha value is 0.180. The lowest BCUT2D eigenvalue weighted by Gasteiger charge is -2.46. The summed E-state index contributed by atoms with van der Waals surface area (Å²) in [5.41, 5.74) is 0. The van der Waals surface area contributed by atoms with Crippen LogP contribution in [0.15, 0.2) is 0 Å². The van der Waals surface area contributed by atoms with Crippen molar-refractivity contribution in [3.05, 3.63) is 0 Å². The van der Waals surface area contributed by atoms with Crippen molar-refractivity contribution in [1.82, 2.24) is 0 Å². The van der Waals surface area contributed by atoms with Gasteiger partial charge in [0.25, 0.3) is 0 Å². The van der Waals surface area contributed by atoms with E-state index < -0.39 is 26.7 Å². The molecule has 0 rings (SSSR count). The SMILES string of the molecule is C[N+](C)(C)CC[N+](C)(C)CCC(O)(P(=O)([O-])[O-])P(=O)(O)O. The zero-order valence-electron chi connectivity index (χ0n) is 13.1. The van der Waals surface area contributed by atoms with Crippen LogP contribution in [0.4, 0.5) is 0 Å². The van der Waals surface area contributed by atoms with Crippen LogP contribution < -0.4 is 9.79 Å². The minimum absolute atomic E-state index is 0.0594. The lowest BCUT2D eigenvalue weighted by atomic mass is 10.3. The Morgan fingerprint density at radius 1 is 0.952 bits per heavy atom. The van der Waals surface area contributed by atoms with Gasteiger partial charge >= 0.3 is 7.60 Å². The normalized spacial score (nSPS) is 17.6. The van der Waals surface area contributed by atoms with Crippen LogP contribution >= 0.6 is 15.2 Å². The number of nitrogens with zero attached hydrogens (tertiary/aromatic N) is 2. The lowest BCUT2D eigenvalue weighted by Crippen LogP contribution is -2.51. The summed E-state index contributed by atoms with van der Waals surface area (Å²) in [5.74, 6) is 0. The topological polar surface area (TPSA) is 141 Å². The zero-order chi connectivity index (χ0) is 17.3. The van der Waals surface area contributed by atoms with Gasteiger partial charge in [-0.1, -0.05) is 0 Å². The summed E-state index contributed by atoms with van der Waals surface area (Å²) in [5, 5.41) is 6.16. The lowest BCUT2D eigenvalue weighted by molar-refractivity contribution is -0.937. The molecule has 11 heteroatoms. The molecule has 0 radical (unpaired) electrons. The molecule has 0 saturated carbocycles. The van der Waals surface area contributed by atoms with Crippen molar-refractivity contribution < 1.29 is 42.8 Å². The molecular weight excluding hydrogens is 322 g/mol. The van der Waals surface area contributed by atoms with Crippen LogP contribution in [0.1, 0.15) is 6.42 Å². The molecule has 128 valence electrons. The average Bonchev–Trinajstić information content (AvgIpc) is 2.19. The molecule has 0 spiro atoms. The molecule has 0 aliphatic heterocycles. The van der Waals surface area contributed by atoms with Gasteiger partial charge in [0.05, 0.1) is 41.8 Å². The summed E-state index contributed by atoms with van der Waals surface area (Å²) in [6.45, 7) is 1.26. The summed E-state index contributed by atoms with van der Waals surface area (Å²) >= 11 is 0. The molecule has 0 aromatic heterocycles. The van der Waals surface area contributed by atoms with E-state index in [0.717, 1.165) is 6.54 Å². The molecule has 0 heterocycles. The molecular formula is C10H26N2O7P2. The van der Waals surface area contributed by atoms with E-state index in [0.29, 0.717) is 11.0 Å². The Labute approximate surface area is 125 Å². The Balaban J connectivity index is 5.02. The van der Waals surface area contributed by atoms with Crippen molar-refractivity contribution in [2.24, 2.45) is 0 Å². The number of hydrogen-bond acceptors (Lipinski definition) is 5. The Bertz CT molecular complexity index is 427. The molecule has 0 aromatic rings. The quantitative estimate of drug-likeness (QED) is 0.337. The van der Waals surface area contributed by atoms with Gasteiger partial charge in [-0.05, 0) is 7.60 Å². The maximum atomic E-state index is 11.2. The van der Waals surface area contributed by atoms with E-state index in [-0.39, 0.29) is 11.0 Å². The van der Waals surface area contributed by atoms with Crippen molar-refractivity contribution in [1.29, 1.82) is 0 Å². The summed E-state index contributed by atoms with van der Waals surface area (Å²) in [6.07, 6.45) is -0.814. The predicted molar refractivity (Wildman–Crippen MR) is 74.0 cm³/mol. The standard InChI is InChI=1S/C10H26N2O7P2/c1-11(2,3)8-9-12(4,5)7-6-10(13,20(14,15)16)21(17,18)19/h13H,6-9H2,1-5H3,(H2-2,14,15,16,17,18,19). The molecule has 0 saturated heterocycles. The number of rotatable bonds is 8. The summed E-state index contributed by atoms with van der Waals surface area (Å²) in [7, 11) is -1.99. The smallest absolute Gasteiger partial charge is 0.362 e. The van der Waals surface area contributed by atoms with Gasteiger partial charge in [0.1, 0.15) is 13.1 Å². The molecule has 0 aromatic carbocycles. The van der Waals surface area contributed by atoms with Crippen LogP contribution in [0, 0.1) is 0 Å². The van der Waals surface area contributed by atoms with Crippen molar-refractivity contribution >= 4 is 15.2 Å². The average molecular weight is 348 g/mol. The maximum Gasteiger partial charge on any atom is 0.362 e. The number of likely N-dealkylation sites (N-methyl/N-ethyl adjacent to an activating group) is 2. The van der Waals surface area contributed by atoms with Crippen molar-refractivity contribution in [2.45, 2.75) is 11.5 Å². The highest BCUT2D eigenvalue weighted by Gasteiger charge is 2.49.